The number of hydrogen-bond acceptors (Lipinski definition) is 4. The summed E-state index contributed by atoms with van der Waals surface area (Å²) in [4.78, 5) is -0.00623. The molecular weight excluding hydrogens is 494 g/mol. The first-order chi connectivity index (χ1) is 9.74. The number of halogens is 3. The minimum Gasteiger partial charge on any atom is -0.462 e. The first kappa shape index (κ1) is 17.0. The van der Waals surface area contributed by atoms with Crippen molar-refractivity contribution < 1.29 is 17.9 Å². The molecular formula is C12H10Br3NO4S. The largest absolute Gasteiger partial charge is 0.462 e. The zero-order valence-corrected chi connectivity index (χ0v) is 16.2. The molecule has 1 heterocycles. The average molecular weight is 504 g/mol. The molecule has 0 saturated heterocycles. The summed E-state index contributed by atoms with van der Waals surface area (Å²) in [7, 11) is -3.82. The second kappa shape index (κ2) is 6.41. The molecule has 21 heavy (non-hydrogen) atoms. The predicted molar refractivity (Wildman–Crippen MR) is 89.7 cm³/mol. The SMILES string of the molecule is Cc1oc(CO)cc1S(=O)(=O)Nc1c(Br)cc(Br)cc1Br. The maximum Gasteiger partial charge on any atom is 0.265 e. The van der Waals surface area contributed by atoms with Gasteiger partial charge in [-0.05, 0) is 50.9 Å². The maximum atomic E-state index is 12.4. The van der Waals surface area contributed by atoms with Crippen molar-refractivity contribution in [1.82, 2.24) is 0 Å². The second-order valence-electron chi connectivity index (χ2n) is 4.14. The van der Waals surface area contributed by atoms with E-state index in [2.05, 4.69) is 52.5 Å². The molecule has 0 spiro atoms. The minimum absolute atomic E-state index is 0.00623. The molecule has 0 aliphatic carbocycles. The van der Waals surface area contributed by atoms with Crippen LogP contribution < -0.4 is 4.72 Å². The van der Waals surface area contributed by atoms with E-state index in [0.29, 0.717) is 14.6 Å². The van der Waals surface area contributed by atoms with Crippen LogP contribution in [0.5, 0.6) is 0 Å². The molecule has 1 aromatic heterocycles. The summed E-state index contributed by atoms with van der Waals surface area (Å²) in [5.74, 6) is 0.415. The van der Waals surface area contributed by atoms with E-state index < -0.39 is 10.0 Å². The second-order valence-corrected chi connectivity index (χ2v) is 8.42. The van der Waals surface area contributed by atoms with Gasteiger partial charge in [-0.3, -0.25) is 4.72 Å². The molecule has 0 amide bonds. The average Bonchev–Trinajstić information content (AvgIpc) is 2.76. The maximum absolute atomic E-state index is 12.4. The van der Waals surface area contributed by atoms with Gasteiger partial charge < -0.3 is 9.52 Å². The molecule has 2 rings (SSSR count). The van der Waals surface area contributed by atoms with E-state index in [1.807, 2.05) is 0 Å². The Bertz CT molecular complexity index is 763. The van der Waals surface area contributed by atoms with Crippen molar-refractivity contribution in [3.05, 3.63) is 43.1 Å². The lowest BCUT2D eigenvalue weighted by molar-refractivity contribution is 0.245. The Labute approximate surface area is 147 Å². The summed E-state index contributed by atoms with van der Waals surface area (Å²) in [5, 5.41) is 9.02. The van der Waals surface area contributed by atoms with Crippen LogP contribution in [0.25, 0.3) is 0 Å². The molecule has 2 N–H and O–H groups in total. The van der Waals surface area contributed by atoms with Crippen LogP contribution >= 0.6 is 47.8 Å². The molecule has 0 unspecified atom stereocenters. The molecule has 0 bridgehead atoms. The first-order valence-corrected chi connectivity index (χ1v) is 9.48. The van der Waals surface area contributed by atoms with Crippen molar-refractivity contribution in [2.75, 3.05) is 4.72 Å². The van der Waals surface area contributed by atoms with Crippen LogP contribution in [0.1, 0.15) is 11.5 Å². The van der Waals surface area contributed by atoms with Gasteiger partial charge in [0, 0.05) is 19.5 Å². The molecule has 1 aromatic carbocycles. The number of aliphatic hydroxyl groups excluding tert-OH is 1. The minimum atomic E-state index is -3.82. The summed E-state index contributed by atoms with van der Waals surface area (Å²) in [6.45, 7) is 1.17. The van der Waals surface area contributed by atoms with Crippen molar-refractivity contribution in [1.29, 1.82) is 0 Å². The monoisotopic (exact) mass is 501 g/mol. The van der Waals surface area contributed by atoms with E-state index in [-0.39, 0.29) is 23.0 Å². The van der Waals surface area contributed by atoms with E-state index in [1.165, 1.54) is 13.0 Å². The summed E-state index contributed by atoms with van der Waals surface area (Å²) < 4.78 is 34.5. The number of nitrogens with one attached hydrogen (secondary N) is 1. The third-order valence-corrected chi connectivity index (χ3v) is 5.78. The summed E-state index contributed by atoms with van der Waals surface area (Å²) in [6.07, 6.45) is 0. The molecule has 0 saturated carbocycles. The Balaban J connectivity index is 2.44. The van der Waals surface area contributed by atoms with E-state index in [4.69, 9.17) is 9.52 Å². The molecule has 0 radical (unpaired) electrons. The van der Waals surface area contributed by atoms with E-state index >= 15 is 0 Å². The number of aryl methyl sites for hydroxylation is 1. The van der Waals surface area contributed by atoms with Crippen LogP contribution in [-0.4, -0.2) is 13.5 Å². The van der Waals surface area contributed by atoms with Gasteiger partial charge in [0.15, 0.2) is 0 Å². The van der Waals surface area contributed by atoms with Gasteiger partial charge in [0.2, 0.25) is 0 Å². The third-order valence-electron chi connectivity index (χ3n) is 2.61. The molecule has 0 aliphatic rings. The molecule has 114 valence electrons. The smallest absolute Gasteiger partial charge is 0.265 e. The van der Waals surface area contributed by atoms with Crippen molar-refractivity contribution in [2.45, 2.75) is 18.4 Å². The number of furan rings is 1. The summed E-state index contributed by atoms with van der Waals surface area (Å²) >= 11 is 9.94. The Kier molecular flexibility index (Phi) is 5.19. The van der Waals surface area contributed by atoms with Crippen molar-refractivity contribution >= 4 is 63.5 Å². The zero-order valence-electron chi connectivity index (χ0n) is 10.7. The Morgan fingerprint density at radius 1 is 1.19 bits per heavy atom. The van der Waals surface area contributed by atoms with Crippen molar-refractivity contribution in [3.8, 4) is 0 Å². The van der Waals surface area contributed by atoms with Crippen LogP contribution in [-0.2, 0) is 16.6 Å². The molecule has 0 fully saturated rings. The van der Waals surface area contributed by atoms with Gasteiger partial charge in [0.05, 0.1) is 5.69 Å². The number of aliphatic hydroxyl groups is 1. The zero-order chi connectivity index (χ0) is 15.8. The van der Waals surface area contributed by atoms with Crippen LogP contribution in [0.3, 0.4) is 0 Å². The molecule has 0 aliphatic heterocycles. The quantitative estimate of drug-likeness (QED) is 0.656. The molecule has 5 nitrogen and oxygen atoms in total. The van der Waals surface area contributed by atoms with Crippen molar-refractivity contribution in [3.63, 3.8) is 0 Å². The highest BCUT2D eigenvalue weighted by Crippen LogP contribution is 2.36. The molecule has 0 atom stereocenters. The number of hydrogen-bond donors (Lipinski definition) is 2. The first-order valence-electron chi connectivity index (χ1n) is 5.62. The summed E-state index contributed by atoms with van der Waals surface area (Å²) in [6, 6.07) is 4.76. The fourth-order valence-corrected chi connectivity index (χ4v) is 5.72. The fourth-order valence-electron chi connectivity index (χ4n) is 1.70. The summed E-state index contributed by atoms with van der Waals surface area (Å²) in [5.41, 5.74) is 0.379. The normalized spacial score (nSPS) is 11.7. The van der Waals surface area contributed by atoms with Crippen LogP contribution in [0.2, 0.25) is 0 Å². The highest BCUT2D eigenvalue weighted by atomic mass is 79.9. The lowest BCUT2D eigenvalue weighted by Gasteiger charge is -2.11. The molecule has 2 aromatic rings. The number of sulfonamides is 1. The van der Waals surface area contributed by atoms with Crippen LogP contribution in [0.4, 0.5) is 5.69 Å². The highest BCUT2D eigenvalue weighted by molar-refractivity contribution is 9.11. The van der Waals surface area contributed by atoms with Gasteiger partial charge in [-0.25, -0.2) is 8.42 Å². The standard InChI is InChI=1S/C12H10Br3NO4S/c1-6-11(4-8(5-17)20-6)21(18,19)16-12-9(14)2-7(13)3-10(12)15/h2-4,16-17H,5H2,1H3. The van der Waals surface area contributed by atoms with Crippen LogP contribution in [0, 0.1) is 6.92 Å². The number of anilines is 1. The Hall–Kier alpha value is -0.350. The lowest BCUT2D eigenvalue weighted by Crippen LogP contribution is -2.14. The van der Waals surface area contributed by atoms with E-state index in [1.54, 1.807) is 12.1 Å². The van der Waals surface area contributed by atoms with E-state index in [9.17, 15) is 8.42 Å². The van der Waals surface area contributed by atoms with Crippen molar-refractivity contribution in [2.24, 2.45) is 0 Å². The van der Waals surface area contributed by atoms with E-state index in [0.717, 1.165) is 4.47 Å². The van der Waals surface area contributed by atoms with Gasteiger partial charge in [0.1, 0.15) is 23.0 Å². The number of rotatable bonds is 4. The molecule has 9 heteroatoms. The van der Waals surface area contributed by atoms with Gasteiger partial charge >= 0.3 is 0 Å². The highest BCUT2D eigenvalue weighted by Gasteiger charge is 2.23. The lowest BCUT2D eigenvalue weighted by atomic mass is 10.3. The van der Waals surface area contributed by atoms with Gasteiger partial charge in [-0.1, -0.05) is 15.9 Å². The predicted octanol–water partition coefficient (Wildman–Crippen LogP) is 4.17. The Morgan fingerprint density at radius 3 is 2.24 bits per heavy atom. The van der Waals surface area contributed by atoms with Crippen LogP contribution in [0.15, 0.2) is 40.9 Å². The van der Waals surface area contributed by atoms with Gasteiger partial charge in [-0.2, -0.15) is 0 Å². The number of benzene rings is 1. The van der Waals surface area contributed by atoms with Gasteiger partial charge in [-0.15, -0.1) is 0 Å². The topological polar surface area (TPSA) is 79.5 Å². The fraction of sp³-hybridized carbons (Fsp3) is 0.167. The van der Waals surface area contributed by atoms with Gasteiger partial charge in [0.25, 0.3) is 10.0 Å². The Morgan fingerprint density at radius 2 is 1.76 bits per heavy atom. The third kappa shape index (κ3) is 3.70.